The van der Waals surface area contributed by atoms with Crippen LogP contribution in [-0.4, -0.2) is 35.5 Å². The van der Waals surface area contributed by atoms with Gasteiger partial charge < -0.3 is 0 Å². The maximum absolute atomic E-state index is 13.0. The maximum Gasteiger partial charge on any atom is 0.210 e. The predicted octanol–water partition coefficient (Wildman–Crippen LogP) is 1.95. The largest absolute Gasteiger partial charge is 0.290 e. The van der Waals surface area contributed by atoms with Crippen LogP contribution in [0.4, 0.5) is 0 Å². The lowest BCUT2D eigenvalue weighted by Gasteiger charge is -2.16. The summed E-state index contributed by atoms with van der Waals surface area (Å²) in [7, 11) is 0. The quantitative estimate of drug-likeness (QED) is 0.538. The SMILES string of the molecule is O=C(c1ccccc1)[C@@H](n1cncn1)n1nnc2ccccc21. The topological polar surface area (TPSA) is 78.5 Å². The van der Waals surface area contributed by atoms with Crippen LogP contribution in [0.15, 0.2) is 67.3 Å². The minimum atomic E-state index is -0.771. The molecule has 0 radical (unpaired) electrons. The van der Waals surface area contributed by atoms with E-state index in [1.807, 2.05) is 42.5 Å². The Morgan fingerprint density at radius 2 is 1.78 bits per heavy atom. The summed E-state index contributed by atoms with van der Waals surface area (Å²) >= 11 is 0. The number of hydrogen-bond acceptors (Lipinski definition) is 5. The van der Waals surface area contributed by atoms with Crippen molar-refractivity contribution in [3.63, 3.8) is 0 Å². The number of rotatable bonds is 4. The molecule has 7 heteroatoms. The average Bonchev–Trinajstić information content (AvgIpc) is 3.27. The molecule has 23 heavy (non-hydrogen) atoms. The van der Waals surface area contributed by atoms with Gasteiger partial charge in [-0.05, 0) is 12.1 Å². The monoisotopic (exact) mass is 304 g/mol. The summed E-state index contributed by atoms with van der Waals surface area (Å²) in [6.45, 7) is 0. The van der Waals surface area contributed by atoms with Gasteiger partial charge in [0.1, 0.15) is 18.2 Å². The minimum Gasteiger partial charge on any atom is -0.290 e. The number of aromatic nitrogens is 6. The first-order valence-corrected chi connectivity index (χ1v) is 7.08. The molecule has 2 aromatic heterocycles. The molecular weight excluding hydrogens is 292 g/mol. The van der Waals surface area contributed by atoms with Gasteiger partial charge in [-0.1, -0.05) is 47.7 Å². The van der Waals surface area contributed by atoms with Gasteiger partial charge in [0.2, 0.25) is 11.9 Å². The molecular formula is C16H12N6O. The van der Waals surface area contributed by atoms with E-state index in [1.165, 1.54) is 17.3 Å². The predicted molar refractivity (Wildman–Crippen MR) is 82.8 cm³/mol. The summed E-state index contributed by atoms with van der Waals surface area (Å²) < 4.78 is 3.05. The third kappa shape index (κ3) is 2.28. The van der Waals surface area contributed by atoms with Crippen LogP contribution in [0, 0.1) is 0 Å². The van der Waals surface area contributed by atoms with Gasteiger partial charge in [-0.3, -0.25) is 4.79 Å². The molecule has 0 amide bonds. The van der Waals surface area contributed by atoms with E-state index in [4.69, 9.17) is 0 Å². The van der Waals surface area contributed by atoms with E-state index in [9.17, 15) is 4.79 Å². The van der Waals surface area contributed by atoms with E-state index >= 15 is 0 Å². The summed E-state index contributed by atoms with van der Waals surface area (Å²) in [6.07, 6.45) is 2.12. The van der Waals surface area contributed by atoms with Gasteiger partial charge in [0.15, 0.2) is 0 Å². The van der Waals surface area contributed by atoms with Crippen LogP contribution in [0.5, 0.6) is 0 Å². The molecule has 0 N–H and O–H groups in total. The second-order valence-corrected chi connectivity index (χ2v) is 5.00. The van der Waals surface area contributed by atoms with E-state index in [2.05, 4.69) is 20.4 Å². The van der Waals surface area contributed by atoms with E-state index in [1.54, 1.807) is 16.8 Å². The molecule has 0 saturated heterocycles. The molecule has 1 atom stereocenters. The standard InChI is InChI=1S/C16H12N6O/c23-15(12-6-2-1-3-7-12)16(21-11-17-10-18-21)22-14-9-5-4-8-13(14)19-20-22/h1-11,16H/t16-/m0/s1. The molecule has 0 saturated carbocycles. The number of carbonyl (C=O) groups excluding carboxylic acids is 1. The molecule has 4 rings (SSSR count). The number of carbonyl (C=O) groups is 1. The summed E-state index contributed by atoms with van der Waals surface area (Å²) in [5.74, 6) is -0.133. The molecule has 0 aliphatic carbocycles. The molecule has 0 unspecified atom stereocenters. The van der Waals surface area contributed by atoms with Crippen molar-refractivity contribution in [1.82, 2.24) is 29.8 Å². The zero-order valence-corrected chi connectivity index (χ0v) is 12.0. The van der Waals surface area contributed by atoms with Crippen molar-refractivity contribution in [2.45, 2.75) is 6.17 Å². The third-order valence-electron chi connectivity index (χ3n) is 3.59. The van der Waals surface area contributed by atoms with Gasteiger partial charge >= 0.3 is 0 Å². The minimum absolute atomic E-state index is 0.133. The molecule has 7 nitrogen and oxygen atoms in total. The van der Waals surface area contributed by atoms with Crippen LogP contribution < -0.4 is 0 Å². The number of Topliss-reactive ketones (excluding diaryl/α,β-unsaturated/α-hetero) is 1. The molecule has 4 aromatic rings. The molecule has 0 spiro atoms. The van der Waals surface area contributed by atoms with Gasteiger partial charge in [-0.2, -0.15) is 5.10 Å². The Kier molecular flexibility index (Phi) is 3.16. The summed E-state index contributed by atoms with van der Waals surface area (Å²) in [5.41, 5.74) is 2.06. The van der Waals surface area contributed by atoms with Crippen LogP contribution in [0.1, 0.15) is 16.5 Å². The molecule has 2 aromatic carbocycles. The van der Waals surface area contributed by atoms with Crippen molar-refractivity contribution in [2.24, 2.45) is 0 Å². The van der Waals surface area contributed by atoms with E-state index in [-0.39, 0.29) is 5.78 Å². The van der Waals surface area contributed by atoms with E-state index in [0.717, 1.165) is 11.0 Å². The third-order valence-corrected chi connectivity index (χ3v) is 3.59. The van der Waals surface area contributed by atoms with E-state index in [0.29, 0.717) is 5.56 Å². The van der Waals surface area contributed by atoms with E-state index < -0.39 is 6.17 Å². The van der Waals surface area contributed by atoms with Crippen molar-refractivity contribution < 1.29 is 4.79 Å². The van der Waals surface area contributed by atoms with Gasteiger partial charge in [-0.15, -0.1) is 5.10 Å². The molecule has 0 aliphatic heterocycles. The fourth-order valence-corrected chi connectivity index (χ4v) is 2.51. The van der Waals surface area contributed by atoms with Crippen LogP contribution >= 0.6 is 0 Å². The fourth-order valence-electron chi connectivity index (χ4n) is 2.51. The van der Waals surface area contributed by atoms with Crippen LogP contribution in [0.2, 0.25) is 0 Å². The lowest BCUT2D eigenvalue weighted by molar-refractivity contribution is 0.0888. The lowest BCUT2D eigenvalue weighted by Crippen LogP contribution is -2.28. The number of fused-ring (bicyclic) bond motifs is 1. The number of nitrogens with zero attached hydrogens (tertiary/aromatic N) is 6. The van der Waals surface area contributed by atoms with Crippen molar-refractivity contribution in [3.05, 3.63) is 72.8 Å². The Morgan fingerprint density at radius 1 is 1.00 bits per heavy atom. The van der Waals surface area contributed by atoms with Crippen LogP contribution in [0.3, 0.4) is 0 Å². The zero-order valence-electron chi connectivity index (χ0n) is 12.0. The molecule has 112 valence electrons. The average molecular weight is 304 g/mol. The maximum atomic E-state index is 13.0. The van der Waals surface area contributed by atoms with Crippen molar-refractivity contribution >= 4 is 16.8 Å². The summed E-state index contributed by atoms with van der Waals surface area (Å²) in [6, 6.07) is 16.5. The van der Waals surface area contributed by atoms with Crippen LogP contribution in [-0.2, 0) is 0 Å². The molecule has 0 fully saturated rings. The van der Waals surface area contributed by atoms with Gasteiger partial charge in [0.05, 0.1) is 5.52 Å². The van der Waals surface area contributed by atoms with Gasteiger partial charge in [0, 0.05) is 5.56 Å². The normalized spacial score (nSPS) is 12.3. The fraction of sp³-hybridized carbons (Fsp3) is 0.0625. The first kappa shape index (κ1) is 13.3. The van der Waals surface area contributed by atoms with Crippen LogP contribution in [0.25, 0.3) is 11.0 Å². The number of para-hydroxylation sites is 1. The highest BCUT2D eigenvalue weighted by Crippen LogP contribution is 2.20. The molecule has 0 bridgehead atoms. The van der Waals surface area contributed by atoms with Crippen molar-refractivity contribution in [1.29, 1.82) is 0 Å². The number of ketones is 1. The van der Waals surface area contributed by atoms with Crippen molar-refractivity contribution in [3.8, 4) is 0 Å². The number of benzene rings is 2. The second-order valence-electron chi connectivity index (χ2n) is 5.00. The summed E-state index contributed by atoms with van der Waals surface area (Å²) in [5, 5.41) is 12.4. The Hall–Kier alpha value is -3.35. The zero-order chi connectivity index (χ0) is 15.6. The Balaban J connectivity index is 1.89. The lowest BCUT2D eigenvalue weighted by atomic mass is 10.1. The Morgan fingerprint density at radius 3 is 2.57 bits per heavy atom. The Bertz CT molecular complexity index is 945. The Labute approximate surface area is 131 Å². The highest BCUT2D eigenvalue weighted by Gasteiger charge is 2.27. The number of hydrogen-bond donors (Lipinski definition) is 0. The first-order valence-electron chi connectivity index (χ1n) is 7.08. The van der Waals surface area contributed by atoms with Gasteiger partial charge in [-0.25, -0.2) is 14.3 Å². The van der Waals surface area contributed by atoms with Crippen molar-refractivity contribution in [2.75, 3.05) is 0 Å². The molecule has 0 aliphatic rings. The molecule has 2 heterocycles. The highest BCUT2D eigenvalue weighted by atomic mass is 16.1. The van der Waals surface area contributed by atoms with Gasteiger partial charge in [0.25, 0.3) is 0 Å². The first-order chi connectivity index (χ1) is 11.3. The summed E-state index contributed by atoms with van der Waals surface area (Å²) in [4.78, 5) is 17.0. The second kappa shape index (κ2) is 5.45. The highest BCUT2D eigenvalue weighted by molar-refractivity contribution is 5.99. The smallest absolute Gasteiger partial charge is 0.210 e.